The predicted octanol–water partition coefficient (Wildman–Crippen LogP) is 3.27. The van der Waals surface area contributed by atoms with Gasteiger partial charge in [-0.1, -0.05) is 11.6 Å². The molecule has 0 spiro atoms. The summed E-state index contributed by atoms with van der Waals surface area (Å²) in [6.45, 7) is 0. The summed E-state index contributed by atoms with van der Waals surface area (Å²) < 4.78 is 5.15. The number of aromatic nitrogens is 2. The highest BCUT2D eigenvalue weighted by Gasteiger charge is 2.17. The van der Waals surface area contributed by atoms with Crippen molar-refractivity contribution in [1.29, 1.82) is 0 Å². The quantitative estimate of drug-likeness (QED) is 0.922. The van der Waals surface area contributed by atoms with Gasteiger partial charge >= 0.3 is 0 Å². The number of ether oxygens (including phenoxy) is 1. The Bertz CT molecular complexity index is 658. The molecule has 0 fully saturated rings. The summed E-state index contributed by atoms with van der Waals surface area (Å²) in [5, 5.41) is 0.546. The number of aryl methyl sites for hydroxylation is 1. The zero-order chi connectivity index (χ0) is 14.1. The van der Waals surface area contributed by atoms with Gasteiger partial charge in [-0.05, 0) is 43.9 Å². The van der Waals surface area contributed by atoms with Gasteiger partial charge in [-0.3, -0.25) is 0 Å². The fraction of sp³-hybridized carbons (Fsp3) is 0.333. The van der Waals surface area contributed by atoms with Crippen molar-refractivity contribution in [3.8, 4) is 17.1 Å². The van der Waals surface area contributed by atoms with Crippen LogP contribution in [0.3, 0.4) is 0 Å². The molecule has 104 valence electrons. The Morgan fingerprint density at radius 1 is 1.20 bits per heavy atom. The molecule has 5 heteroatoms. The third kappa shape index (κ3) is 2.31. The largest absolute Gasteiger partial charge is 0.495 e. The van der Waals surface area contributed by atoms with Gasteiger partial charge in [0.15, 0.2) is 5.82 Å². The van der Waals surface area contributed by atoms with Gasteiger partial charge in [0.1, 0.15) is 11.6 Å². The van der Waals surface area contributed by atoms with Crippen LogP contribution in [0.25, 0.3) is 11.4 Å². The zero-order valence-corrected chi connectivity index (χ0v) is 12.1. The average molecular weight is 290 g/mol. The Morgan fingerprint density at radius 2 is 2.00 bits per heavy atom. The summed E-state index contributed by atoms with van der Waals surface area (Å²) >= 11 is 6.15. The number of hydrogen-bond donors (Lipinski definition) is 1. The molecule has 3 rings (SSSR count). The maximum Gasteiger partial charge on any atom is 0.161 e. The highest BCUT2D eigenvalue weighted by atomic mass is 35.5. The van der Waals surface area contributed by atoms with Gasteiger partial charge in [0.05, 0.1) is 12.1 Å². The van der Waals surface area contributed by atoms with E-state index in [9.17, 15) is 0 Å². The number of benzene rings is 1. The second kappa shape index (κ2) is 5.29. The van der Waals surface area contributed by atoms with E-state index in [0.717, 1.165) is 42.5 Å². The fourth-order valence-electron chi connectivity index (χ4n) is 2.56. The lowest BCUT2D eigenvalue weighted by molar-refractivity contribution is 0.415. The molecule has 1 aliphatic carbocycles. The molecule has 0 bridgehead atoms. The lowest BCUT2D eigenvalue weighted by Gasteiger charge is -2.17. The number of nitrogens with zero attached hydrogens (tertiary/aromatic N) is 2. The highest BCUT2D eigenvalue weighted by Crippen LogP contribution is 2.31. The lowest BCUT2D eigenvalue weighted by atomic mass is 9.96. The van der Waals surface area contributed by atoms with Gasteiger partial charge in [0, 0.05) is 16.8 Å². The minimum absolute atomic E-state index is 0.546. The van der Waals surface area contributed by atoms with E-state index in [1.165, 1.54) is 0 Å². The standard InChI is InChI=1S/C15H16ClN3O/c1-20-13-7-6-9(8-11(13)16)15-18-12-5-3-2-4-10(12)14(17)19-15/h6-8H,2-5H2,1H3,(H2,17,18,19). The Morgan fingerprint density at radius 3 is 2.75 bits per heavy atom. The van der Waals surface area contributed by atoms with Gasteiger partial charge in [-0.25, -0.2) is 9.97 Å². The van der Waals surface area contributed by atoms with Crippen molar-refractivity contribution < 1.29 is 4.74 Å². The summed E-state index contributed by atoms with van der Waals surface area (Å²) in [7, 11) is 1.59. The fourth-order valence-corrected chi connectivity index (χ4v) is 2.82. The van der Waals surface area contributed by atoms with E-state index >= 15 is 0 Å². The molecule has 1 aromatic carbocycles. The van der Waals surface area contributed by atoms with Crippen LogP contribution in [0.1, 0.15) is 24.1 Å². The van der Waals surface area contributed by atoms with Crippen LogP contribution in [0.4, 0.5) is 5.82 Å². The number of hydrogen-bond acceptors (Lipinski definition) is 4. The predicted molar refractivity (Wildman–Crippen MR) is 80.1 cm³/mol. The van der Waals surface area contributed by atoms with E-state index in [2.05, 4.69) is 9.97 Å². The molecule has 0 atom stereocenters. The smallest absolute Gasteiger partial charge is 0.161 e. The van der Waals surface area contributed by atoms with E-state index < -0.39 is 0 Å². The van der Waals surface area contributed by atoms with Gasteiger partial charge in [0.25, 0.3) is 0 Å². The van der Waals surface area contributed by atoms with Gasteiger partial charge in [-0.2, -0.15) is 0 Å². The maximum atomic E-state index is 6.15. The second-order valence-electron chi connectivity index (χ2n) is 4.91. The molecule has 1 heterocycles. The summed E-state index contributed by atoms with van der Waals surface area (Å²) in [6.07, 6.45) is 4.27. The molecule has 0 radical (unpaired) electrons. The van der Waals surface area contributed by atoms with E-state index in [1.807, 2.05) is 18.2 Å². The molecular weight excluding hydrogens is 274 g/mol. The molecule has 0 aliphatic heterocycles. The first-order valence-electron chi connectivity index (χ1n) is 6.68. The van der Waals surface area contributed by atoms with Crippen molar-refractivity contribution in [3.05, 3.63) is 34.5 Å². The summed E-state index contributed by atoms with van der Waals surface area (Å²) in [5.41, 5.74) is 9.11. The molecule has 0 saturated carbocycles. The first-order chi connectivity index (χ1) is 9.69. The van der Waals surface area contributed by atoms with Crippen LogP contribution in [-0.4, -0.2) is 17.1 Å². The lowest BCUT2D eigenvalue weighted by Crippen LogP contribution is -2.11. The average Bonchev–Trinajstić information content (AvgIpc) is 2.47. The molecule has 2 N–H and O–H groups in total. The summed E-state index contributed by atoms with van der Waals surface area (Å²) in [4.78, 5) is 9.07. The summed E-state index contributed by atoms with van der Waals surface area (Å²) in [6, 6.07) is 5.52. The van der Waals surface area contributed by atoms with Crippen LogP contribution in [0.15, 0.2) is 18.2 Å². The van der Waals surface area contributed by atoms with Crippen molar-refractivity contribution >= 4 is 17.4 Å². The van der Waals surface area contributed by atoms with Crippen molar-refractivity contribution in [3.63, 3.8) is 0 Å². The molecule has 0 amide bonds. The van der Waals surface area contributed by atoms with Crippen molar-refractivity contribution in [2.45, 2.75) is 25.7 Å². The molecule has 0 saturated heterocycles. The monoisotopic (exact) mass is 289 g/mol. The van der Waals surface area contributed by atoms with Gasteiger partial charge < -0.3 is 10.5 Å². The third-order valence-electron chi connectivity index (χ3n) is 3.63. The van der Waals surface area contributed by atoms with Crippen LogP contribution in [0.2, 0.25) is 5.02 Å². The highest BCUT2D eigenvalue weighted by molar-refractivity contribution is 6.32. The Labute approximate surface area is 123 Å². The van der Waals surface area contributed by atoms with Crippen LogP contribution in [-0.2, 0) is 12.8 Å². The van der Waals surface area contributed by atoms with Crippen molar-refractivity contribution in [1.82, 2.24) is 9.97 Å². The zero-order valence-electron chi connectivity index (χ0n) is 11.3. The van der Waals surface area contributed by atoms with Gasteiger partial charge in [0.2, 0.25) is 0 Å². The molecule has 1 aromatic heterocycles. The molecule has 2 aromatic rings. The van der Waals surface area contributed by atoms with E-state index in [4.69, 9.17) is 22.1 Å². The minimum atomic E-state index is 0.546. The van der Waals surface area contributed by atoms with Crippen LogP contribution >= 0.6 is 11.6 Å². The SMILES string of the molecule is COc1ccc(-c2nc(N)c3c(n2)CCCC3)cc1Cl. The topological polar surface area (TPSA) is 61.0 Å². The number of methoxy groups -OCH3 is 1. The molecule has 1 aliphatic rings. The summed E-state index contributed by atoms with van der Waals surface area (Å²) in [5.74, 6) is 1.87. The molecular formula is C15H16ClN3O. The minimum Gasteiger partial charge on any atom is -0.495 e. The first kappa shape index (κ1) is 13.2. The van der Waals surface area contributed by atoms with Crippen molar-refractivity contribution in [2.75, 3.05) is 12.8 Å². The van der Waals surface area contributed by atoms with Crippen molar-refractivity contribution in [2.24, 2.45) is 0 Å². The number of halogens is 1. The first-order valence-corrected chi connectivity index (χ1v) is 7.06. The van der Waals surface area contributed by atoms with E-state index in [-0.39, 0.29) is 0 Å². The molecule has 4 nitrogen and oxygen atoms in total. The molecule has 0 unspecified atom stereocenters. The maximum absolute atomic E-state index is 6.15. The van der Waals surface area contributed by atoms with Crippen LogP contribution in [0.5, 0.6) is 5.75 Å². The van der Waals surface area contributed by atoms with E-state index in [0.29, 0.717) is 22.4 Å². The number of rotatable bonds is 2. The Kier molecular flexibility index (Phi) is 3.49. The number of fused-ring (bicyclic) bond motifs is 1. The van der Waals surface area contributed by atoms with Crippen LogP contribution < -0.4 is 10.5 Å². The number of nitrogens with two attached hydrogens (primary N) is 1. The molecule has 20 heavy (non-hydrogen) atoms. The second-order valence-corrected chi connectivity index (χ2v) is 5.32. The normalized spacial score (nSPS) is 13.9. The van der Waals surface area contributed by atoms with Crippen LogP contribution in [0, 0.1) is 0 Å². The third-order valence-corrected chi connectivity index (χ3v) is 3.92. The number of nitrogen functional groups attached to an aromatic ring is 1. The Hall–Kier alpha value is -1.81. The van der Waals surface area contributed by atoms with E-state index in [1.54, 1.807) is 7.11 Å². The van der Waals surface area contributed by atoms with Gasteiger partial charge in [-0.15, -0.1) is 0 Å². The Balaban J connectivity index is 2.06. The number of anilines is 1.